The van der Waals surface area contributed by atoms with Crippen LogP contribution in [0.4, 0.5) is 0 Å². The Morgan fingerprint density at radius 2 is 0.526 bits per heavy atom. The number of carbonyl (C=O) groups is 2. The van der Waals surface area contributed by atoms with E-state index in [1.807, 2.05) is 0 Å². The molecule has 0 fully saturated rings. The summed E-state index contributed by atoms with van der Waals surface area (Å²) in [6, 6.07) is 0. The van der Waals surface area contributed by atoms with Crippen molar-refractivity contribution in [1.82, 2.24) is 0 Å². The van der Waals surface area contributed by atoms with Gasteiger partial charge in [0.05, 0.1) is 6.61 Å². The van der Waals surface area contributed by atoms with Gasteiger partial charge >= 0.3 is 11.9 Å². The minimum Gasteiger partial charge on any atom is -0.462 e. The van der Waals surface area contributed by atoms with Gasteiger partial charge in [0.15, 0.2) is 6.10 Å². The Morgan fingerprint density at radius 3 is 0.789 bits per heavy atom. The maximum Gasteiger partial charge on any atom is 0.306 e. The van der Waals surface area contributed by atoms with Gasteiger partial charge in [0.2, 0.25) is 0 Å². The van der Waals surface area contributed by atoms with Crippen LogP contribution in [0.25, 0.3) is 0 Å². The summed E-state index contributed by atoms with van der Waals surface area (Å²) in [5.74, 6) is -0.662. The molecular weight excluding hydrogens is 933 g/mol. The van der Waals surface area contributed by atoms with Crippen molar-refractivity contribution < 1.29 is 24.2 Å². The average Bonchev–Trinajstić information content (AvgIpc) is 3.42. The standard InChI is InChI=1S/C71H106O5/c1-3-5-7-9-11-13-15-17-19-21-23-25-27-29-31-33-34-35-36-38-40-42-44-46-48-50-52-54-56-58-60-62-64-66-71(74)76-69(67-72)68-75-70(73)65-63-61-59-57-55-53-51-49-47-45-43-41-39-37-32-30-28-26-24-22-20-18-16-14-12-10-8-6-4-2/h5-8,11-14,17-20,23-26,29-32,34-35,38-41,44-47,50-53,69,72H,3-4,9-10,15-16,21-22,27-28,33,36-37,42-43,48-49,54-68H2,1-2H3/b7-5-,8-6-,13-11-,14-12-,19-17-,20-18-,25-23-,26-24-,31-29-,32-30-,35-34-,40-38-,41-39-,46-44-,47-45-,52-50-,53-51-. The van der Waals surface area contributed by atoms with Crippen LogP contribution in [0.3, 0.4) is 0 Å². The number of aliphatic hydroxyl groups is 1. The highest BCUT2D eigenvalue weighted by Crippen LogP contribution is 2.11. The van der Waals surface area contributed by atoms with E-state index in [0.717, 1.165) is 180 Å². The van der Waals surface area contributed by atoms with Crippen molar-refractivity contribution in [3.63, 3.8) is 0 Å². The Hall–Kier alpha value is -5.52. The first-order chi connectivity index (χ1) is 37.6. The Bertz CT molecular complexity index is 1840. The molecule has 0 aliphatic carbocycles. The Morgan fingerprint density at radius 1 is 0.303 bits per heavy atom. The zero-order valence-corrected chi connectivity index (χ0v) is 47.9. The quantitative estimate of drug-likeness (QED) is 0.0373. The van der Waals surface area contributed by atoms with Crippen LogP contribution in [0.2, 0.25) is 0 Å². The van der Waals surface area contributed by atoms with Crippen LogP contribution in [0, 0.1) is 0 Å². The topological polar surface area (TPSA) is 72.8 Å². The van der Waals surface area contributed by atoms with E-state index in [1.165, 1.54) is 0 Å². The van der Waals surface area contributed by atoms with Crippen LogP contribution in [0.15, 0.2) is 207 Å². The van der Waals surface area contributed by atoms with Gasteiger partial charge in [-0.05, 0) is 148 Å². The number of esters is 2. The summed E-state index contributed by atoms with van der Waals surface area (Å²) in [5.41, 5.74) is 0. The van der Waals surface area contributed by atoms with Crippen molar-refractivity contribution in [3.8, 4) is 0 Å². The molecule has 0 aromatic rings. The van der Waals surface area contributed by atoms with Crippen LogP contribution in [0.5, 0.6) is 0 Å². The summed E-state index contributed by atoms with van der Waals surface area (Å²) in [5, 5.41) is 9.66. The predicted molar refractivity (Wildman–Crippen MR) is 333 cm³/mol. The van der Waals surface area contributed by atoms with E-state index in [1.54, 1.807) is 0 Å². The molecule has 0 saturated carbocycles. The fraction of sp³-hybridized carbons (Fsp3) is 0.493. The summed E-state index contributed by atoms with van der Waals surface area (Å²) in [6.45, 7) is 3.85. The number of carbonyl (C=O) groups excluding carboxylic acids is 2. The fourth-order valence-corrected chi connectivity index (χ4v) is 7.21. The van der Waals surface area contributed by atoms with Gasteiger partial charge < -0.3 is 14.6 Å². The number of unbranched alkanes of at least 4 members (excludes halogenated alkanes) is 9. The third-order valence-electron chi connectivity index (χ3n) is 11.6. The van der Waals surface area contributed by atoms with Crippen LogP contribution >= 0.6 is 0 Å². The lowest BCUT2D eigenvalue weighted by molar-refractivity contribution is -0.161. The van der Waals surface area contributed by atoms with Crippen LogP contribution in [0.1, 0.15) is 206 Å². The Labute approximate surface area is 466 Å². The zero-order valence-electron chi connectivity index (χ0n) is 47.9. The van der Waals surface area contributed by atoms with Crippen molar-refractivity contribution in [2.24, 2.45) is 0 Å². The molecule has 0 heterocycles. The number of aliphatic hydroxyl groups excluding tert-OH is 1. The second-order valence-electron chi connectivity index (χ2n) is 18.6. The Kier molecular flexibility index (Phi) is 59.1. The first-order valence-electron chi connectivity index (χ1n) is 29.6. The molecule has 0 radical (unpaired) electrons. The summed E-state index contributed by atoms with van der Waals surface area (Å²) >= 11 is 0. The van der Waals surface area contributed by atoms with Crippen LogP contribution in [-0.4, -0.2) is 36.4 Å². The molecule has 420 valence electrons. The van der Waals surface area contributed by atoms with Crippen molar-refractivity contribution in [3.05, 3.63) is 207 Å². The van der Waals surface area contributed by atoms with E-state index < -0.39 is 6.10 Å². The van der Waals surface area contributed by atoms with Gasteiger partial charge in [-0.15, -0.1) is 0 Å². The molecule has 0 amide bonds. The Balaban J connectivity index is 3.71. The molecule has 76 heavy (non-hydrogen) atoms. The zero-order chi connectivity index (χ0) is 54.8. The molecule has 0 spiro atoms. The molecule has 5 heteroatoms. The lowest BCUT2D eigenvalue weighted by Gasteiger charge is -2.15. The molecule has 1 unspecified atom stereocenters. The van der Waals surface area contributed by atoms with E-state index in [-0.39, 0.29) is 25.2 Å². The number of hydrogen-bond acceptors (Lipinski definition) is 5. The monoisotopic (exact) mass is 1040 g/mol. The van der Waals surface area contributed by atoms with Crippen molar-refractivity contribution >= 4 is 11.9 Å². The SMILES string of the molecule is CC/C=C\C/C=C\C/C=C\C/C=C\C/C=C\C/C=C\C/C=C\C/C=C\C/C=C\CCCCCCCC(=O)OC(CO)COC(=O)CCCCCC/C=C\C/C=C\C/C=C\C/C=C\C/C=C\C/C=C\C/C=C\C/C=C\CC. The molecule has 5 nitrogen and oxygen atoms in total. The highest BCUT2D eigenvalue weighted by molar-refractivity contribution is 5.70. The van der Waals surface area contributed by atoms with Gasteiger partial charge in [0.25, 0.3) is 0 Å². The molecule has 0 aromatic heterocycles. The highest BCUT2D eigenvalue weighted by Gasteiger charge is 2.16. The summed E-state index contributed by atoms with van der Waals surface area (Å²) in [6.07, 6.45) is 104. The van der Waals surface area contributed by atoms with E-state index in [2.05, 4.69) is 220 Å². The van der Waals surface area contributed by atoms with Crippen molar-refractivity contribution in [1.29, 1.82) is 0 Å². The molecule has 0 saturated heterocycles. The van der Waals surface area contributed by atoms with Gasteiger partial charge in [-0.3, -0.25) is 9.59 Å². The molecule has 0 aromatic carbocycles. The number of rotatable bonds is 51. The number of ether oxygens (including phenoxy) is 2. The summed E-state index contributed by atoms with van der Waals surface area (Å²) < 4.78 is 10.7. The molecule has 0 aliphatic rings. The summed E-state index contributed by atoms with van der Waals surface area (Å²) in [4.78, 5) is 24.6. The van der Waals surface area contributed by atoms with E-state index in [9.17, 15) is 14.7 Å². The third-order valence-corrected chi connectivity index (χ3v) is 11.6. The minimum atomic E-state index is -0.813. The van der Waals surface area contributed by atoms with Crippen molar-refractivity contribution in [2.75, 3.05) is 13.2 Å². The van der Waals surface area contributed by atoms with Crippen LogP contribution in [-0.2, 0) is 19.1 Å². The van der Waals surface area contributed by atoms with Gasteiger partial charge in [-0.1, -0.05) is 253 Å². The predicted octanol–water partition coefficient (Wildman–Crippen LogP) is 20.6. The minimum absolute atomic E-state index is 0.103. The fourth-order valence-electron chi connectivity index (χ4n) is 7.21. The van der Waals surface area contributed by atoms with Crippen LogP contribution < -0.4 is 0 Å². The van der Waals surface area contributed by atoms with Gasteiger partial charge in [-0.25, -0.2) is 0 Å². The normalized spacial score (nSPS) is 13.8. The van der Waals surface area contributed by atoms with Gasteiger partial charge in [-0.2, -0.15) is 0 Å². The third kappa shape index (κ3) is 61.0. The second kappa shape index (κ2) is 63.8. The lowest BCUT2D eigenvalue weighted by atomic mass is 10.1. The van der Waals surface area contributed by atoms with E-state index in [0.29, 0.717) is 12.8 Å². The smallest absolute Gasteiger partial charge is 0.306 e. The lowest BCUT2D eigenvalue weighted by Crippen LogP contribution is -2.28. The molecule has 1 N–H and O–H groups in total. The first-order valence-corrected chi connectivity index (χ1v) is 29.6. The molecule has 1 atom stereocenters. The van der Waals surface area contributed by atoms with Gasteiger partial charge in [0.1, 0.15) is 6.61 Å². The van der Waals surface area contributed by atoms with E-state index >= 15 is 0 Å². The highest BCUT2D eigenvalue weighted by atomic mass is 16.6. The molecular formula is C71H106O5. The molecule has 0 rings (SSSR count). The van der Waals surface area contributed by atoms with Gasteiger partial charge in [0, 0.05) is 12.8 Å². The maximum absolute atomic E-state index is 12.3. The first kappa shape index (κ1) is 70.5. The van der Waals surface area contributed by atoms with E-state index in [4.69, 9.17) is 9.47 Å². The largest absolute Gasteiger partial charge is 0.462 e. The molecule has 0 bridgehead atoms. The number of allylic oxidation sites excluding steroid dienone is 34. The van der Waals surface area contributed by atoms with Crippen molar-refractivity contribution in [2.45, 2.75) is 213 Å². The maximum atomic E-state index is 12.3. The molecule has 0 aliphatic heterocycles. The summed E-state index contributed by atoms with van der Waals surface area (Å²) in [7, 11) is 0. The second-order valence-corrected chi connectivity index (χ2v) is 18.6. The number of hydrogen-bond donors (Lipinski definition) is 1. The average molecular weight is 1040 g/mol.